The number of nitrogens with zero attached hydrogens (tertiary/aromatic N) is 1. The van der Waals surface area contributed by atoms with Crippen LogP contribution in [0, 0.1) is 11.3 Å². The molecule has 0 saturated heterocycles. The molecule has 2 rings (SSSR count). The normalized spacial score (nSPS) is 10.1. The summed E-state index contributed by atoms with van der Waals surface area (Å²) < 4.78 is 6.21. The molecule has 0 aliphatic heterocycles. The van der Waals surface area contributed by atoms with Gasteiger partial charge in [-0.3, -0.25) is 0 Å². The van der Waals surface area contributed by atoms with Gasteiger partial charge in [0.05, 0.1) is 17.8 Å². The van der Waals surface area contributed by atoms with E-state index in [9.17, 15) is 0 Å². The summed E-state index contributed by atoms with van der Waals surface area (Å²) in [5, 5.41) is 21.0. The van der Waals surface area contributed by atoms with Crippen LogP contribution in [-0.2, 0) is 13.2 Å². The van der Waals surface area contributed by atoms with Crippen molar-refractivity contribution in [3.8, 4) is 6.07 Å². The first kappa shape index (κ1) is 12.7. The van der Waals surface area contributed by atoms with Crippen molar-refractivity contribution < 1.29 is 9.52 Å². The fourth-order valence-corrected chi connectivity index (χ4v) is 1.91. The number of hydrogen-bond acceptors (Lipinski definition) is 4. The molecule has 0 unspecified atom stereocenters. The van der Waals surface area contributed by atoms with Crippen LogP contribution in [0.15, 0.2) is 39.2 Å². The lowest BCUT2D eigenvalue weighted by Crippen LogP contribution is -2.00. The topological polar surface area (TPSA) is 69.2 Å². The summed E-state index contributed by atoms with van der Waals surface area (Å²) in [6.45, 7) is 0.359. The first-order chi connectivity index (χ1) is 8.72. The summed E-state index contributed by atoms with van der Waals surface area (Å²) >= 11 is 3.32. The highest BCUT2D eigenvalue weighted by Gasteiger charge is 2.04. The molecule has 18 heavy (non-hydrogen) atoms. The Balaban J connectivity index is 2.08. The second-order valence-corrected chi connectivity index (χ2v) is 4.60. The minimum atomic E-state index is -0.109. The van der Waals surface area contributed by atoms with Gasteiger partial charge in [0.15, 0.2) is 0 Å². The summed E-state index contributed by atoms with van der Waals surface area (Å²) in [7, 11) is 0. The Morgan fingerprint density at radius 1 is 1.28 bits per heavy atom. The van der Waals surface area contributed by atoms with E-state index in [1.807, 2.05) is 12.1 Å². The molecule has 1 aromatic carbocycles. The van der Waals surface area contributed by atoms with E-state index in [1.165, 1.54) is 0 Å². The van der Waals surface area contributed by atoms with E-state index in [0.29, 0.717) is 23.6 Å². The number of anilines is 1. The van der Waals surface area contributed by atoms with Crippen LogP contribution in [0.25, 0.3) is 0 Å². The van der Waals surface area contributed by atoms with Crippen molar-refractivity contribution in [1.29, 1.82) is 5.26 Å². The van der Waals surface area contributed by atoms with Gasteiger partial charge in [-0.05, 0) is 30.3 Å². The van der Waals surface area contributed by atoms with Gasteiger partial charge in [-0.15, -0.1) is 0 Å². The molecule has 0 aliphatic rings. The third kappa shape index (κ3) is 2.92. The second kappa shape index (κ2) is 5.71. The Morgan fingerprint density at radius 2 is 2.06 bits per heavy atom. The van der Waals surface area contributed by atoms with E-state index in [1.54, 1.807) is 18.2 Å². The second-order valence-electron chi connectivity index (χ2n) is 3.68. The van der Waals surface area contributed by atoms with Crippen LogP contribution in [0.3, 0.4) is 0 Å². The highest BCUT2D eigenvalue weighted by atomic mass is 79.9. The summed E-state index contributed by atoms with van der Waals surface area (Å²) in [5.41, 5.74) is 1.32. The van der Waals surface area contributed by atoms with Gasteiger partial charge in [-0.1, -0.05) is 15.9 Å². The zero-order valence-electron chi connectivity index (χ0n) is 9.48. The fourth-order valence-electron chi connectivity index (χ4n) is 1.55. The van der Waals surface area contributed by atoms with Gasteiger partial charge in [-0.2, -0.15) is 5.26 Å². The van der Waals surface area contributed by atoms with Crippen LogP contribution in [0.2, 0.25) is 0 Å². The summed E-state index contributed by atoms with van der Waals surface area (Å²) in [6, 6.07) is 11.1. The predicted octanol–water partition coefficient (Wildman–Crippen LogP) is 3.02. The maximum atomic E-state index is 9.01. The number of nitrogens with one attached hydrogen (secondary N) is 1. The molecule has 0 bridgehead atoms. The van der Waals surface area contributed by atoms with E-state index in [2.05, 4.69) is 27.3 Å². The molecule has 92 valence electrons. The van der Waals surface area contributed by atoms with Crippen LogP contribution >= 0.6 is 15.9 Å². The number of aliphatic hydroxyl groups is 1. The lowest BCUT2D eigenvalue weighted by Gasteiger charge is -2.06. The lowest BCUT2D eigenvalue weighted by atomic mass is 10.2. The minimum absolute atomic E-state index is 0.109. The van der Waals surface area contributed by atoms with Crippen LogP contribution in [0.5, 0.6) is 0 Å². The third-order valence-electron chi connectivity index (χ3n) is 2.43. The highest BCUT2D eigenvalue weighted by Crippen LogP contribution is 2.21. The van der Waals surface area contributed by atoms with E-state index in [-0.39, 0.29) is 6.61 Å². The summed E-state index contributed by atoms with van der Waals surface area (Å²) in [5.74, 6) is 1.24. The maximum Gasteiger partial charge on any atom is 0.129 e. The Morgan fingerprint density at radius 3 is 2.72 bits per heavy atom. The van der Waals surface area contributed by atoms with Gasteiger partial charge >= 0.3 is 0 Å². The number of rotatable bonds is 4. The van der Waals surface area contributed by atoms with Gasteiger partial charge in [-0.25, -0.2) is 0 Å². The van der Waals surface area contributed by atoms with Crippen molar-refractivity contribution in [3.05, 3.63) is 51.9 Å². The average Bonchev–Trinajstić information content (AvgIpc) is 2.85. The van der Waals surface area contributed by atoms with Crippen molar-refractivity contribution in [2.45, 2.75) is 13.2 Å². The largest absolute Gasteiger partial charge is 0.462 e. The van der Waals surface area contributed by atoms with Gasteiger partial charge < -0.3 is 14.8 Å². The van der Waals surface area contributed by atoms with E-state index >= 15 is 0 Å². The molecule has 0 saturated carbocycles. The van der Waals surface area contributed by atoms with Crippen LogP contribution in [0.4, 0.5) is 5.69 Å². The zero-order valence-corrected chi connectivity index (χ0v) is 11.1. The molecule has 2 aromatic rings. The Kier molecular flexibility index (Phi) is 4.03. The van der Waals surface area contributed by atoms with Crippen molar-refractivity contribution in [1.82, 2.24) is 0 Å². The van der Waals surface area contributed by atoms with Gasteiger partial charge in [0.1, 0.15) is 24.2 Å². The first-order valence-corrected chi connectivity index (χ1v) is 6.14. The predicted molar refractivity (Wildman–Crippen MR) is 70.8 cm³/mol. The summed E-state index contributed by atoms with van der Waals surface area (Å²) in [4.78, 5) is 0. The molecule has 4 nitrogen and oxygen atoms in total. The fraction of sp³-hybridized carbons (Fsp3) is 0.154. The van der Waals surface area contributed by atoms with Crippen molar-refractivity contribution >= 4 is 21.6 Å². The number of aliphatic hydroxyl groups excluding tert-OH is 1. The number of furan rings is 1. The lowest BCUT2D eigenvalue weighted by molar-refractivity contribution is 0.244. The van der Waals surface area contributed by atoms with Crippen molar-refractivity contribution in [2.24, 2.45) is 0 Å². The van der Waals surface area contributed by atoms with Gasteiger partial charge in [0.2, 0.25) is 0 Å². The first-order valence-electron chi connectivity index (χ1n) is 5.35. The molecule has 0 fully saturated rings. The number of benzene rings is 1. The van der Waals surface area contributed by atoms with E-state index in [4.69, 9.17) is 14.8 Å². The minimum Gasteiger partial charge on any atom is -0.462 e. The maximum absolute atomic E-state index is 9.01. The molecule has 1 aromatic heterocycles. The van der Waals surface area contributed by atoms with Crippen LogP contribution in [-0.4, -0.2) is 5.11 Å². The Hall–Kier alpha value is -1.77. The molecule has 0 aliphatic carbocycles. The van der Waals surface area contributed by atoms with Crippen molar-refractivity contribution in [2.75, 3.05) is 5.32 Å². The van der Waals surface area contributed by atoms with Crippen LogP contribution in [0.1, 0.15) is 17.1 Å². The Labute approximate surface area is 113 Å². The SMILES string of the molecule is N#Cc1cc(Br)ccc1NCc1ccc(CO)o1. The number of nitriles is 1. The monoisotopic (exact) mass is 306 g/mol. The quantitative estimate of drug-likeness (QED) is 0.911. The smallest absolute Gasteiger partial charge is 0.129 e. The average molecular weight is 307 g/mol. The molecule has 5 heteroatoms. The molecule has 0 radical (unpaired) electrons. The molecular formula is C13H11BrN2O2. The van der Waals surface area contributed by atoms with Crippen molar-refractivity contribution in [3.63, 3.8) is 0 Å². The molecule has 0 spiro atoms. The number of hydrogen-bond donors (Lipinski definition) is 2. The molecule has 0 atom stereocenters. The number of halogens is 1. The highest BCUT2D eigenvalue weighted by molar-refractivity contribution is 9.10. The summed E-state index contributed by atoms with van der Waals surface area (Å²) in [6.07, 6.45) is 0. The van der Waals surface area contributed by atoms with E-state index in [0.717, 1.165) is 10.2 Å². The molecular weight excluding hydrogens is 296 g/mol. The third-order valence-corrected chi connectivity index (χ3v) is 2.92. The standard InChI is InChI=1S/C13H11BrN2O2/c14-10-1-4-13(9(5-10)6-15)16-7-11-2-3-12(8-17)18-11/h1-5,16-17H,7-8H2. The Bertz CT molecular complexity index is 587. The molecule has 0 amide bonds. The molecule has 2 N–H and O–H groups in total. The van der Waals surface area contributed by atoms with Gasteiger partial charge in [0.25, 0.3) is 0 Å². The molecule has 1 heterocycles. The van der Waals surface area contributed by atoms with Gasteiger partial charge in [0, 0.05) is 4.47 Å². The van der Waals surface area contributed by atoms with E-state index < -0.39 is 0 Å². The zero-order chi connectivity index (χ0) is 13.0. The van der Waals surface area contributed by atoms with Crippen LogP contribution < -0.4 is 5.32 Å².